The van der Waals surface area contributed by atoms with Crippen LogP contribution in [-0.2, 0) is 16.2 Å². The maximum atomic E-state index is 13.7. The predicted octanol–water partition coefficient (Wildman–Crippen LogP) is 7.38. The molecular weight excluding hydrogens is 608 g/mol. The van der Waals surface area contributed by atoms with Crippen LogP contribution in [-0.4, -0.2) is 18.2 Å². The molecule has 0 bridgehead atoms. The lowest BCUT2D eigenvalue weighted by atomic mass is 9.64. The number of Topliss-reactive ketones (excluding diaryl/α,β-unsaturated/α-hetero) is 2. The second kappa shape index (κ2) is 10.4. The second-order valence-corrected chi connectivity index (χ2v) is 13.6. The van der Waals surface area contributed by atoms with E-state index in [0.29, 0.717) is 47.7 Å². The lowest BCUT2D eigenvalue weighted by Gasteiger charge is -2.44. The molecule has 0 fully saturated rings. The van der Waals surface area contributed by atoms with Crippen LogP contribution in [0.2, 0.25) is 0 Å². The van der Waals surface area contributed by atoms with Gasteiger partial charge in [0.05, 0.1) is 10.2 Å². The fourth-order valence-corrected chi connectivity index (χ4v) is 6.94. The van der Waals surface area contributed by atoms with E-state index in [2.05, 4.69) is 55.6 Å². The molecule has 0 saturated heterocycles. The quantitative estimate of drug-likeness (QED) is 0.333. The third-order valence-electron chi connectivity index (χ3n) is 7.66. The van der Waals surface area contributed by atoms with Crippen LogP contribution in [0.25, 0.3) is 0 Å². The first kappa shape index (κ1) is 27.9. The average Bonchev–Trinajstić information content (AvgIpc) is 2.80. The van der Waals surface area contributed by atoms with Crippen molar-refractivity contribution < 1.29 is 23.5 Å². The van der Waals surface area contributed by atoms with Gasteiger partial charge in [0, 0.05) is 41.3 Å². The number of halogens is 2. The van der Waals surface area contributed by atoms with Gasteiger partial charge in [-0.2, -0.15) is 0 Å². The second-order valence-electron chi connectivity index (χ2n) is 12.4. The fraction of sp³-hybridized carbons (Fsp3) is 0.438. The van der Waals surface area contributed by atoms with Crippen LogP contribution in [0.4, 0.5) is 4.39 Å². The Hall–Kier alpha value is -2.68. The van der Waals surface area contributed by atoms with E-state index >= 15 is 0 Å². The van der Waals surface area contributed by atoms with E-state index in [0.717, 1.165) is 33.4 Å². The fourth-order valence-electron chi connectivity index (χ4n) is 6.16. The van der Waals surface area contributed by atoms with Crippen molar-refractivity contribution in [3.63, 3.8) is 0 Å². The summed E-state index contributed by atoms with van der Waals surface area (Å²) in [5, 5.41) is 3.57. The summed E-state index contributed by atoms with van der Waals surface area (Å²) in [5.74, 6) is 0.518. The molecule has 0 aromatic heterocycles. The Kier molecular flexibility index (Phi) is 7.42. The molecule has 0 spiro atoms. The number of hydrogen-bond donors (Lipinski definition) is 1. The van der Waals surface area contributed by atoms with Gasteiger partial charge in [0.1, 0.15) is 12.4 Å². The van der Waals surface area contributed by atoms with Gasteiger partial charge >= 0.3 is 0 Å². The summed E-state index contributed by atoms with van der Waals surface area (Å²) >= 11 is 2.22. The van der Waals surface area contributed by atoms with Gasteiger partial charge in [-0.15, -0.1) is 0 Å². The molecule has 2 aromatic carbocycles. The van der Waals surface area contributed by atoms with E-state index in [1.54, 1.807) is 6.07 Å². The summed E-state index contributed by atoms with van der Waals surface area (Å²) in [6, 6.07) is 10.2. The highest BCUT2D eigenvalue weighted by molar-refractivity contribution is 14.1. The Morgan fingerprint density at radius 3 is 2.10 bits per heavy atom. The van der Waals surface area contributed by atoms with E-state index in [9.17, 15) is 14.0 Å². The molecule has 1 heterocycles. The Balaban J connectivity index is 1.61. The van der Waals surface area contributed by atoms with Gasteiger partial charge in [-0.3, -0.25) is 9.59 Å². The van der Waals surface area contributed by atoms with Gasteiger partial charge in [-0.25, -0.2) is 4.39 Å². The minimum absolute atomic E-state index is 0.0855. The zero-order valence-corrected chi connectivity index (χ0v) is 25.3. The first-order valence-electron chi connectivity index (χ1n) is 13.5. The van der Waals surface area contributed by atoms with Crippen molar-refractivity contribution in [3.8, 4) is 11.5 Å². The highest BCUT2D eigenvalue weighted by Gasteiger charge is 2.46. The van der Waals surface area contributed by atoms with Crippen molar-refractivity contribution >= 4 is 34.2 Å². The zero-order chi connectivity index (χ0) is 28.1. The third kappa shape index (κ3) is 5.65. The Morgan fingerprint density at radius 1 is 0.923 bits per heavy atom. The van der Waals surface area contributed by atoms with Gasteiger partial charge in [-0.05, 0) is 88.6 Å². The molecule has 0 saturated carbocycles. The van der Waals surface area contributed by atoms with Crippen LogP contribution < -0.4 is 14.8 Å². The van der Waals surface area contributed by atoms with Crippen molar-refractivity contribution in [1.82, 2.24) is 5.32 Å². The van der Waals surface area contributed by atoms with E-state index in [1.807, 2.05) is 25.1 Å². The lowest BCUT2D eigenvalue weighted by Crippen LogP contribution is -2.42. The number of carbonyl (C=O) groups is 2. The normalized spacial score (nSPS) is 20.4. The lowest BCUT2D eigenvalue weighted by molar-refractivity contribution is -0.119. The number of nitrogens with one attached hydrogen (secondary N) is 1. The Morgan fingerprint density at radius 2 is 1.54 bits per heavy atom. The number of ether oxygens (including phenoxy) is 2. The largest absolute Gasteiger partial charge is 0.490 e. The molecule has 7 heteroatoms. The summed E-state index contributed by atoms with van der Waals surface area (Å²) in [5.41, 5.74) is 4.53. The van der Waals surface area contributed by atoms with Crippen LogP contribution in [0.5, 0.6) is 11.5 Å². The highest BCUT2D eigenvalue weighted by atomic mass is 127. The third-order valence-corrected chi connectivity index (χ3v) is 8.46. The van der Waals surface area contributed by atoms with Gasteiger partial charge in [0.2, 0.25) is 0 Å². The summed E-state index contributed by atoms with van der Waals surface area (Å²) in [7, 11) is 0. The van der Waals surface area contributed by atoms with Crippen molar-refractivity contribution in [1.29, 1.82) is 0 Å². The van der Waals surface area contributed by atoms with Crippen molar-refractivity contribution in [2.75, 3.05) is 6.61 Å². The molecule has 2 aliphatic carbocycles. The zero-order valence-electron chi connectivity index (χ0n) is 23.2. The molecule has 0 atom stereocenters. The monoisotopic (exact) mass is 643 g/mol. The van der Waals surface area contributed by atoms with Crippen molar-refractivity contribution in [3.05, 3.63) is 79.5 Å². The van der Waals surface area contributed by atoms with Crippen LogP contribution in [0, 0.1) is 20.2 Å². The standard InChI is InChI=1S/C32H35FINO4/c1-6-38-26-12-19(11-21(34)30(26)39-17-18-8-7-9-20(33)10-18)27-28-22(13-31(2,3)15-24(28)36)35-23-14-32(4,5)16-25(37)29(23)27/h7-12,27,35H,6,13-17H2,1-5H3. The number of carbonyl (C=O) groups excluding carboxylic acids is 2. The van der Waals surface area contributed by atoms with Gasteiger partial charge in [0.25, 0.3) is 0 Å². The number of dihydropyridines is 1. The molecule has 39 heavy (non-hydrogen) atoms. The van der Waals surface area contributed by atoms with Crippen LogP contribution >= 0.6 is 22.6 Å². The first-order chi connectivity index (χ1) is 18.4. The van der Waals surface area contributed by atoms with Crippen molar-refractivity contribution in [2.45, 2.75) is 72.8 Å². The van der Waals surface area contributed by atoms with Crippen molar-refractivity contribution in [2.24, 2.45) is 10.8 Å². The minimum atomic E-state index is -0.451. The molecule has 1 aliphatic heterocycles. The molecular formula is C32H35FINO4. The highest BCUT2D eigenvalue weighted by Crippen LogP contribution is 2.52. The summed E-state index contributed by atoms with van der Waals surface area (Å²) < 4.78 is 26.7. The topological polar surface area (TPSA) is 64.6 Å². The molecule has 0 unspecified atom stereocenters. The summed E-state index contributed by atoms with van der Waals surface area (Å²) in [6.45, 7) is 11.0. The summed E-state index contributed by atoms with van der Waals surface area (Å²) in [6.07, 6.45) is 2.38. The van der Waals surface area contributed by atoms with Gasteiger partial charge in [0.15, 0.2) is 23.1 Å². The van der Waals surface area contributed by atoms with E-state index in [1.165, 1.54) is 12.1 Å². The SMILES string of the molecule is CCOc1cc(C2C3=C(CC(C)(C)CC3=O)NC3=C2C(=O)CC(C)(C)C3)cc(I)c1OCc1cccc(F)c1. The predicted molar refractivity (Wildman–Crippen MR) is 157 cm³/mol. The summed E-state index contributed by atoms with van der Waals surface area (Å²) in [4.78, 5) is 27.3. The molecule has 2 aromatic rings. The maximum absolute atomic E-state index is 13.7. The first-order valence-corrected chi connectivity index (χ1v) is 14.6. The smallest absolute Gasteiger partial charge is 0.174 e. The molecule has 3 aliphatic rings. The number of hydrogen-bond acceptors (Lipinski definition) is 5. The van der Waals surface area contributed by atoms with Gasteiger partial charge in [-0.1, -0.05) is 39.8 Å². The molecule has 1 N–H and O–H groups in total. The molecule has 5 nitrogen and oxygen atoms in total. The Bertz CT molecular complexity index is 1370. The maximum Gasteiger partial charge on any atom is 0.174 e. The van der Waals surface area contributed by atoms with E-state index < -0.39 is 5.92 Å². The molecule has 0 radical (unpaired) electrons. The van der Waals surface area contributed by atoms with Crippen LogP contribution in [0.15, 0.2) is 58.9 Å². The number of rotatable bonds is 6. The van der Waals surface area contributed by atoms with E-state index in [4.69, 9.17) is 9.47 Å². The number of ketones is 2. The van der Waals surface area contributed by atoms with E-state index in [-0.39, 0.29) is 34.8 Å². The van der Waals surface area contributed by atoms with Crippen LogP contribution in [0.3, 0.4) is 0 Å². The molecule has 0 amide bonds. The molecule has 5 rings (SSSR count). The Labute approximate surface area is 243 Å². The average molecular weight is 644 g/mol. The van der Waals surface area contributed by atoms with Crippen LogP contribution in [0.1, 0.15) is 77.3 Å². The minimum Gasteiger partial charge on any atom is -0.490 e. The number of allylic oxidation sites excluding steroid dienone is 4. The number of benzene rings is 2. The molecule has 206 valence electrons. The van der Waals surface area contributed by atoms with Gasteiger partial charge < -0.3 is 14.8 Å².